The molecule has 0 unspecified atom stereocenters. The van der Waals surface area contributed by atoms with Gasteiger partial charge in [-0.3, -0.25) is 0 Å². The van der Waals surface area contributed by atoms with Gasteiger partial charge in [0.05, 0.1) is 19.4 Å². The zero-order chi connectivity index (χ0) is 28.3. The molecule has 0 aromatic heterocycles. The molecule has 0 amide bonds. The lowest BCUT2D eigenvalue weighted by Crippen LogP contribution is -2.49. The number of anilines is 1. The third-order valence-corrected chi connectivity index (χ3v) is 7.06. The largest absolute Gasteiger partial charge is 0.493 e. The van der Waals surface area contributed by atoms with Crippen LogP contribution in [0.5, 0.6) is 11.5 Å². The van der Waals surface area contributed by atoms with Crippen molar-refractivity contribution in [1.82, 2.24) is 4.90 Å². The Balaban J connectivity index is 1.76. The fourth-order valence-corrected chi connectivity index (χ4v) is 4.95. The van der Waals surface area contributed by atoms with E-state index < -0.39 is 17.7 Å². The molecule has 1 heterocycles. The minimum atomic E-state index is -0.502. The average Bonchev–Trinajstić information content (AvgIpc) is 3.31. The highest BCUT2D eigenvalue weighted by molar-refractivity contribution is 6.36. The monoisotopic (exact) mass is 589 g/mol. The number of methoxy groups -OCH3 is 1. The van der Waals surface area contributed by atoms with Gasteiger partial charge in [-0.15, -0.1) is 5.10 Å². The van der Waals surface area contributed by atoms with Crippen LogP contribution in [0, 0.1) is 0 Å². The summed E-state index contributed by atoms with van der Waals surface area (Å²) in [7, 11) is 1.57. The zero-order valence-corrected chi connectivity index (χ0v) is 24.6. The van der Waals surface area contributed by atoms with Crippen molar-refractivity contribution in [3.05, 3.63) is 86.9 Å². The molecule has 0 spiro atoms. The van der Waals surface area contributed by atoms with Crippen molar-refractivity contribution in [2.24, 2.45) is 5.10 Å². The lowest BCUT2D eigenvalue weighted by Gasteiger charge is -2.40. The minimum Gasteiger partial charge on any atom is -0.493 e. The maximum Gasteiger partial charge on any atom is 0.376 e. The van der Waals surface area contributed by atoms with E-state index in [1.54, 1.807) is 49.4 Å². The van der Waals surface area contributed by atoms with Crippen LogP contribution in [0.25, 0.3) is 0 Å². The number of hydrogen-bond acceptors (Lipinski definition) is 7. The SMILES string of the molecule is CCOC(=O)C1=NN(c2ccc(Cl)cc2)[C@H](c2ccc(OCc3c(Cl)cccc3Cl)c(OC)c2)N1C(C)(C)C. The number of carbonyl (C=O) groups excluding carboxylic acids is 1. The van der Waals surface area contributed by atoms with Gasteiger partial charge in [0.2, 0.25) is 5.84 Å². The predicted octanol–water partition coefficient (Wildman–Crippen LogP) is 7.73. The standard InChI is InChI=1S/C29H30Cl3N3O4/c1-6-38-28(36)26-33-35(20-13-11-19(30)12-14-20)27(34(26)29(2,3)4)18-10-15-24(25(16-18)37-5)39-17-21-22(31)8-7-9-23(21)32/h7-16,27H,6,17H2,1-5H3/t27-/m1/s1. The van der Waals surface area contributed by atoms with Gasteiger partial charge in [-0.1, -0.05) is 46.9 Å². The molecular weight excluding hydrogens is 561 g/mol. The molecule has 0 bridgehead atoms. The Kier molecular flexibility index (Phi) is 8.84. The molecule has 1 aliphatic rings. The van der Waals surface area contributed by atoms with Crippen LogP contribution in [0.2, 0.25) is 15.1 Å². The summed E-state index contributed by atoms with van der Waals surface area (Å²) in [5.41, 5.74) is 1.76. The molecule has 0 saturated carbocycles. The van der Waals surface area contributed by atoms with Gasteiger partial charge in [0.15, 0.2) is 17.7 Å². The molecule has 0 radical (unpaired) electrons. The summed E-state index contributed by atoms with van der Waals surface area (Å²) in [6, 6.07) is 18.2. The van der Waals surface area contributed by atoms with Crippen molar-refractivity contribution in [2.45, 2.75) is 46.0 Å². The third-order valence-electron chi connectivity index (χ3n) is 6.10. The van der Waals surface area contributed by atoms with Crippen molar-refractivity contribution in [3.63, 3.8) is 0 Å². The first-order valence-electron chi connectivity index (χ1n) is 12.4. The summed E-state index contributed by atoms with van der Waals surface area (Å²) in [4.78, 5) is 15.0. The molecule has 4 rings (SSSR count). The van der Waals surface area contributed by atoms with Gasteiger partial charge in [-0.2, -0.15) is 0 Å². The van der Waals surface area contributed by atoms with Gasteiger partial charge in [-0.25, -0.2) is 9.80 Å². The summed E-state index contributed by atoms with van der Waals surface area (Å²) in [5, 5.41) is 8.16. The number of rotatable bonds is 8. The highest BCUT2D eigenvalue weighted by Crippen LogP contribution is 2.43. The van der Waals surface area contributed by atoms with Crippen LogP contribution in [0.3, 0.4) is 0 Å². The van der Waals surface area contributed by atoms with E-state index in [0.29, 0.717) is 32.1 Å². The Morgan fingerprint density at radius 3 is 2.23 bits per heavy atom. The fourth-order valence-electron chi connectivity index (χ4n) is 4.32. The van der Waals surface area contributed by atoms with E-state index in [2.05, 4.69) is 0 Å². The summed E-state index contributed by atoms with van der Waals surface area (Å²) in [5.74, 6) is 0.724. The van der Waals surface area contributed by atoms with E-state index in [1.165, 1.54) is 0 Å². The van der Waals surface area contributed by atoms with Gasteiger partial charge in [-0.05, 0) is 76.2 Å². The van der Waals surface area contributed by atoms with Crippen molar-refractivity contribution < 1.29 is 19.0 Å². The van der Waals surface area contributed by atoms with Crippen molar-refractivity contribution >= 4 is 52.3 Å². The van der Waals surface area contributed by atoms with Crippen LogP contribution in [-0.2, 0) is 16.1 Å². The summed E-state index contributed by atoms with van der Waals surface area (Å²) < 4.78 is 17.1. The molecule has 10 heteroatoms. The molecule has 0 N–H and O–H groups in total. The number of hydrazone groups is 1. The summed E-state index contributed by atoms with van der Waals surface area (Å²) in [6.45, 7) is 8.21. The lowest BCUT2D eigenvalue weighted by atomic mass is 10.0. The first-order chi connectivity index (χ1) is 18.5. The number of nitrogens with zero attached hydrogens (tertiary/aromatic N) is 3. The Morgan fingerprint density at radius 1 is 0.974 bits per heavy atom. The number of esters is 1. The second-order valence-electron chi connectivity index (χ2n) is 9.78. The van der Waals surface area contributed by atoms with Crippen molar-refractivity contribution in [3.8, 4) is 11.5 Å². The van der Waals surface area contributed by atoms with Crippen LogP contribution in [0.1, 0.15) is 45.0 Å². The molecule has 1 atom stereocenters. The van der Waals surface area contributed by atoms with Crippen LogP contribution in [0.15, 0.2) is 65.8 Å². The van der Waals surface area contributed by atoms with E-state index in [-0.39, 0.29) is 19.0 Å². The van der Waals surface area contributed by atoms with Gasteiger partial charge < -0.3 is 19.1 Å². The average molecular weight is 591 g/mol. The Labute approximate surface area is 243 Å². The molecule has 3 aromatic rings. The number of benzene rings is 3. The quantitative estimate of drug-likeness (QED) is 0.250. The minimum absolute atomic E-state index is 0.165. The number of hydrogen-bond donors (Lipinski definition) is 0. The Bertz CT molecular complexity index is 1350. The molecule has 206 valence electrons. The van der Waals surface area contributed by atoms with Gasteiger partial charge in [0, 0.05) is 31.7 Å². The van der Waals surface area contributed by atoms with E-state index in [0.717, 1.165) is 11.3 Å². The molecule has 1 aliphatic heterocycles. The van der Waals surface area contributed by atoms with Crippen molar-refractivity contribution in [2.75, 3.05) is 18.7 Å². The zero-order valence-electron chi connectivity index (χ0n) is 22.4. The topological polar surface area (TPSA) is 63.6 Å². The first-order valence-corrected chi connectivity index (χ1v) is 13.5. The van der Waals surface area contributed by atoms with Gasteiger partial charge >= 0.3 is 5.97 Å². The molecule has 0 fully saturated rings. The number of carbonyl (C=O) groups is 1. The van der Waals surface area contributed by atoms with E-state index >= 15 is 0 Å². The molecule has 0 saturated heterocycles. The first kappa shape index (κ1) is 28.9. The third kappa shape index (κ3) is 6.21. The van der Waals surface area contributed by atoms with Gasteiger partial charge in [0.1, 0.15) is 6.61 Å². The predicted molar refractivity (Wildman–Crippen MR) is 156 cm³/mol. The van der Waals surface area contributed by atoms with Gasteiger partial charge in [0.25, 0.3) is 0 Å². The second kappa shape index (κ2) is 11.9. The smallest absolute Gasteiger partial charge is 0.376 e. The number of amidine groups is 1. The Morgan fingerprint density at radius 2 is 1.64 bits per heavy atom. The molecular formula is C29H30Cl3N3O4. The normalized spacial score (nSPS) is 15.3. The van der Waals surface area contributed by atoms with Crippen LogP contribution < -0.4 is 14.5 Å². The van der Waals surface area contributed by atoms with Crippen LogP contribution in [-0.4, -0.2) is 36.0 Å². The molecule has 39 heavy (non-hydrogen) atoms. The maximum atomic E-state index is 13.1. The highest BCUT2D eigenvalue weighted by atomic mass is 35.5. The maximum absolute atomic E-state index is 13.1. The lowest BCUT2D eigenvalue weighted by molar-refractivity contribution is -0.136. The second-order valence-corrected chi connectivity index (χ2v) is 11.0. The van der Waals surface area contributed by atoms with Crippen LogP contribution in [0.4, 0.5) is 5.69 Å². The Hall–Kier alpha value is -3.13. The highest BCUT2D eigenvalue weighted by Gasteiger charge is 2.45. The van der Waals surface area contributed by atoms with Crippen LogP contribution >= 0.6 is 34.8 Å². The van der Waals surface area contributed by atoms with E-state index in [9.17, 15) is 4.79 Å². The number of ether oxygens (including phenoxy) is 3. The van der Waals surface area contributed by atoms with E-state index in [1.807, 2.05) is 56.0 Å². The molecule has 7 nitrogen and oxygen atoms in total. The number of halogens is 3. The fraction of sp³-hybridized carbons (Fsp3) is 0.310. The molecule has 3 aromatic carbocycles. The van der Waals surface area contributed by atoms with E-state index in [4.69, 9.17) is 54.1 Å². The summed E-state index contributed by atoms with van der Waals surface area (Å²) >= 11 is 18.8. The molecule has 0 aliphatic carbocycles. The summed E-state index contributed by atoms with van der Waals surface area (Å²) in [6.07, 6.45) is -0.494. The van der Waals surface area contributed by atoms with Crippen molar-refractivity contribution in [1.29, 1.82) is 0 Å².